The minimum Gasteiger partial charge on any atom is -0.497 e. The number of para-hydroxylation sites is 1. The van der Waals surface area contributed by atoms with Crippen molar-refractivity contribution in [1.29, 1.82) is 0 Å². The molecule has 0 saturated carbocycles. The van der Waals surface area contributed by atoms with Crippen molar-refractivity contribution in [3.8, 4) is 11.5 Å². The zero-order valence-corrected chi connectivity index (χ0v) is 21.3. The van der Waals surface area contributed by atoms with E-state index in [1.54, 1.807) is 36.4 Å². The molecule has 3 aromatic rings. The molecule has 0 spiro atoms. The zero-order valence-electron chi connectivity index (χ0n) is 20.5. The molecule has 38 heavy (non-hydrogen) atoms. The molecule has 0 bridgehead atoms. The molecular weight excluding hydrogens is 512 g/mol. The van der Waals surface area contributed by atoms with Crippen LogP contribution in [-0.4, -0.2) is 37.5 Å². The molecule has 0 fully saturated rings. The highest BCUT2D eigenvalue weighted by Gasteiger charge is 2.40. The number of ether oxygens (including phenoxy) is 3. The van der Waals surface area contributed by atoms with Crippen molar-refractivity contribution in [2.75, 3.05) is 23.9 Å². The largest absolute Gasteiger partial charge is 0.497 e. The molecule has 3 aromatic carbocycles. The number of hydrogen-bond donors (Lipinski definition) is 1. The first-order valence-corrected chi connectivity index (χ1v) is 12.0. The van der Waals surface area contributed by atoms with Crippen LogP contribution in [0, 0.1) is 0 Å². The second kappa shape index (κ2) is 11.6. The van der Waals surface area contributed by atoms with Gasteiger partial charge in [0.25, 0.3) is 11.8 Å². The highest BCUT2D eigenvalue weighted by Crippen LogP contribution is 2.32. The van der Waals surface area contributed by atoms with Crippen molar-refractivity contribution in [3.05, 3.63) is 94.7 Å². The number of nitrogens with zero attached hydrogens (tertiary/aromatic N) is 1. The maximum Gasteiger partial charge on any atom is 0.343 e. The normalized spacial score (nSPS) is 13.0. The first kappa shape index (κ1) is 26.4. The van der Waals surface area contributed by atoms with E-state index in [0.29, 0.717) is 23.6 Å². The van der Waals surface area contributed by atoms with Crippen molar-refractivity contribution in [3.63, 3.8) is 0 Å². The van der Waals surface area contributed by atoms with Crippen LogP contribution in [0.15, 0.2) is 83.5 Å². The van der Waals surface area contributed by atoms with Crippen LogP contribution >= 0.6 is 11.6 Å². The predicted octanol–water partition coefficient (Wildman–Crippen LogP) is 4.92. The van der Waals surface area contributed by atoms with Gasteiger partial charge in [0.2, 0.25) is 0 Å². The van der Waals surface area contributed by atoms with E-state index in [1.807, 2.05) is 6.92 Å². The molecule has 194 valence electrons. The molecule has 0 aromatic heterocycles. The Hall–Kier alpha value is -4.63. The summed E-state index contributed by atoms with van der Waals surface area (Å²) in [4.78, 5) is 52.0. The van der Waals surface area contributed by atoms with E-state index in [4.69, 9.17) is 25.8 Å². The average Bonchev–Trinajstić information content (AvgIpc) is 3.14. The summed E-state index contributed by atoms with van der Waals surface area (Å²) >= 11 is 6.23. The molecule has 1 aliphatic heterocycles. The number of esters is 2. The van der Waals surface area contributed by atoms with Crippen molar-refractivity contribution in [2.24, 2.45) is 0 Å². The zero-order chi connectivity index (χ0) is 27.2. The molecule has 0 aliphatic carbocycles. The fourth-order valence-corrected chi connectivity index (χ4v) is 3.82. The number of halogens is 1. The van der Waals surface area contributed by atoms with Crippen LogP contribution in [0.3, 0.4) is 0 Å². The maximum absolute atomic E-state index is 13.2. The van der Waals surface area contributed by atoms with Crippen molar-refractivity contribution >= 4 is 46.7 Å². The van der Waals surface area contributed by atoms with Crippen LogP contribution in [0.2, 0.25) is 0 Å². The summed E-state index contributed by atoms with van der Waals surface area (Å²) in [5.41, 5.74) is 0.615. The third-order valence-electron chi connectivity index (χ3n) is 5.47. The molecule has 1 heterocycles. The van der Waals surface area contributed by atoms with Gasteiger partial charge in [-0.15, -0.1) is 0 Å². The van der Waals surface area contributed by atoms with Gasteiger partial charge in [0, 0.05) is 11.8 Å². The molecule has 0 unspecified atom stereocenters. The molecule has 0 atom stereocenters. The SMILES string of the molecule is CCCOC(=O)c1ccccc1N1C(=O)C(Cl)=C(Nc2ccc(C(=O)Oc3cccc(OC)c3)cc2)C1=O. The van der Waals surface area contributed by atoms with Crippen molar-refractivity contribution in [2.45, 2.75) is 13.3 Å². The Morgan fingerprint density at radius 2 is 1.61 bits per heavy atom. The predicted molar refractivity (Wildman–Crippen MR) is 140 cm³/mol. The van der Waals surface area contributed by atoms with E-state index < -0.39 is 23.8 Å². The summed E-state index contributed by atoms with van der Waals surface area (Å²) in [6.45, 7) is 2.05. The van der Waals surface area contributed by atoms with E-state index in [9.17, 15) is 19.2 Å². The van der Waals surface area contributed by atoms with Gasteiger partial charge >= 0.3 is 11.9 Å². The van der Waals surface area contributed by atoms with Crippen LogP contribution in [-0.2, 0) is 14.3 Å². The Kier molecular flexibility index (Phi) is 8.08. The number of methoxy groups -OCH3 is 1. The fourth-order valence-electron chi connectivity index (χ4n) is 3.61. The van der Waals surface area contributed by atoms with E-state index in [2.05, 4.69) is 5.32 Å². The number of carbonyl (C=O) groups is 4. The Labute approximate surface area is 223 Å². The van der Waals surface area contributed by atoms with Crippen molar-refractivity contribution in [1.82, 2.24) is 0 Å². The smallest absolute Gasteiger partial charge is 0.343 e. The van der Waals surface area contributed by atoms with Gasteiger partial charge in [-0.1, -0.05) is 36.7 Å². The number of amides is 2. The summed E-state index contributed by atoms with van der Waals surface area (Å²) < 4.78 is 15.7. The lowest BCUT2D eigenvalue weighted by molar-refractivity contribution is -0.120. The number of anilines is 2. The van der Waals surface area contributed by atoms with E-state index >= 15 is 0 Å². The minimum absolute atomic E-state index is 0.0623. The van der Waals surface area contributed by atoms with Gasteiger partial charge in [-0.3, -0.25) is 9.59 Å². The summed E-state index contributed by atoms with van der Waals surface area (Å²) in [5, 5.41) is 2.50. The van der Waals surface area contributed by atoms with Crippen LogP contribution in [0.1, 0.15) is 34.1 Å². The molecule has 1 N–H and O–H groups in total. The Bertz CT molecular complexity index is 1430. The highest BCUT2D eigenvalue weighted by atomic mass is 35.5. The lowest BCUT2D eigenvalue weighted by Gasteiger charge is -2.18. The van der Waals surface area contributed by atoms with Crippen molar-refractivity contribution < 1.29 is 33.4 Å². The van der Waals surface area contributed by atoms with E-state index in [0.717, 1.165) is 4.90 Å². The number of imide groups is 1. The van der Waals surface area contributed by atoms with Gasteiger partial charge < -0.3 is 19.5 Å². The fraction of sp³-hybridized carbons (Fsp3) is 0.143. The third kappa shape index (κ3) is 5.52. The Balaban J connectivity index is 1.49. The van der Waals surface area contributed by atoms with Crippen LogP contribution < -0.4 is 19.7 Å². The summed E-state index contributed by atoms with van der Waals surface area (Å²) in [5.74, 6) is -1.90. The summed E-state index contributed by atoms with van der Waals surface area (Å²) in [7, 11) is 1.51. The second-order valence-corrected chi connectivity index (χ2v) is 8.44. The third-order valence-corrected chi connectivity index (χ3v) is 5.82. The monoisotopic (exact) mass is 534 g/mol. The van der Waals surface area contributed by atoms with Gasteiger partial charge in [0.15, 0.2) is 0 Å². The van der Waals surface area contributed by atoms with Crippen LogP contribution in [0.5, 0.6) is 11.5 Å². The first-order valence-electron chi connectivity index (χ1n) is 11.6. The molecule has 1 aliphatic rings. The van der Waals surface area contributed by atoms with Gasteiger partial charge in [0.05, 0.1) is 30.5 Å². The van der Waals surface area contributed by atoms with Gasteiger partial charge in [0.1, 0.15) is 22.2 Å². The standard InChI is InChI=1S/C28H23ClN2O7/c1-3-15-37-28(35)21-9-4-5-10-22(21)31-25(32)23(29)24(26(31)33)30-18-13-11-17(12-14-18)27(34)38-20-8-6-7-19(16-20)36-2/h4-14,16,30H,3,15H2,1-2H3. The summed E-state index contributed by atoms with van der Waals surface area (Å²) in [6, 6.07) is 18.8. The molecule has 0 saturated heterocycles. The van der Waals surface area contributed by atoms with Gasteiger partial charge in [-0.05, 0) is 55.0 Å². The second-order valence-electron chi connectivity index (χ2n) is 8.06. The number of rotatable bonds is 9. The van der Waals surface area contributed by atoms with Crippen LogP contribution in [0.4, 0.5) is 11.4 Å². The molecule has 10 heteroatoms. The van der Waals surface area contributed by atoms with Gasteiger partial charge in [-0.2, -0.15) is 0 Å². The minimum atomic E-state index is -0.784. The lowest BCUT2D eigenvalue weighted by atomic mass is 10.1. The molecule has 0 radical (unpaired) electrons. The quantitative estimate of drug-likeness (QED) is 0.234. The highest BCUT2D eigenvalue weighted by molar-refractivity contribution is 6.53. The maximum atomic E-state index is 13.2. The average molecular weight is 535 g/mol. The number of carbonyl (C=O) groups excluding carboxylic acids is 4. The summed E-state index contributed by atoms with van der Waals surface area (Å²) in [6.07, 6.45) is 0.619. The Morgan fingerprint density at radius 3 is 2.32 bits per heavy atom. The molecular formula is C28H23ClN2O7. The Morgan fingerprint density at radius 1 is 0.895 bits per heavy atom. The van der Waals surface area contributed by atoms with E-state index in [-0.39, 0.29) is 34.2 Å². The van der Waals surface area contributed by atoms with E-state index in [1.165, 1.54) is 43.5 Å². The lowest BCUT2D eigenvalue weighted by Crippen LogP contribution is -2.33. The molecule has 4 rings (SSSR count). The topological polar surface area (TPSA) is 111 Å². The molecule has 9 nitrogen and oxygen atoms in total. The van der Waals surface area contributed by atoms with Crippen LogP contribution in [0.25, 0.3) is 0 Å². The van der Waals surface area contributed by atoms with Gasteiger partial charge in [-0.25, -0.2) is 14.5 Å². The number of hydrogen-bond acceptors (Lipinski definition) is 8. The number of nitrogens with one attached hydrogen (secondary N) is 1. The molecule has 2 amide bonds. The first-order chi connectivity index (χ1) is 18.3. The number of benzene rings is 3.